The Labute approximate surface area is 191 Å². The normalized spacial score (nSPS) is 20.7. The van der Waals surface area contributed by atoms with Gasteiger partial charge in [0.2, 0.25) is 0 Å². The van der Waals surface area contributed by atoms with Crippen LogP contribution in [0.5, 0.6) is 0 Å². The molecule has 0 spiro atoms. The second-order valence-corrected chi connectivity index (χ2v) is 8.93. The minimum Gasteiger partial charge on any atom is -0.469 e. The standard InChI is InChI=1S/C23H26ClN3O5/c1-13-12-26(23(30)31)7-8-27(13)22(29)15-4-5-16-19(11-15)25-18-6-3-14(10-20(28)32-2)9-17(18)21(16)24/h4-5,11,13-14H,3,6-10,12H2,1-2H3,(H,30,31)/t13-,14?/m0/s1. The smallest absolute Gasteiger partial charge is 0.407 e. The van der Waals surface area contributed by atoms with Crippen LogP contribution in [0.2, 0.25) is 5.02 Å². The van der Waals surface area contributed by atoms with Gasteiger partial charge in [0.05, 0.1) is 17.6 Å². The molecule has 170 valence electrons. The van der Waals surface area contributed by atoms with E-state index in [1.165, 1.54) is 12.0 Å². The summed E-state index contributed by atoms with van der Waals surface area (Å²) in [6.45, 7) is 2.79. The summed E-state index contributed by atoms with van der Waals surface area (Å²) < 4.78 is 4.80. The molecule has 1 saturated heterocycles. The zero-order chi connectivity index (χ0) is 23.0. The molecule has 8 nitrogen and oxygen atoms in total. The summed E-state index contributed by atoms with van der Waals surface area (Å²) in [5.41, 5.74) is 3.06. The predicted octanol–water partition coefficient (Wildman–Crippen LogP) is 3.38. The molecule has 2 aromatic rings. The van der Waals surface area contributed by atoms with Gasteiger partial charge in [-0.1, -0.05) is 17.7 Å². The molecule has 0 bridgehead atoms. The third kappa shape index (κ3) is 4.24. The number of fused-ring (bicyclic) bond motifs is 2. The molecule has 2 atom stereocenters. The van der Waals surface area contributed by atoms with Crippen LogP contribution in [0.25, 0.3) is 10.9 Å². The number of carbonyl (C=O) groups excluding carboxylic acids is 2. The number of ether oxygens (including phenoxy) is 1. The maximum atomic E-state index is 13.1. The molecule has 1 unspecified atom stereocenters. The molecule has 2 amide bonds. The molecule has 1 fully saturated rings. The lowest BCUT2D eigenvalue weighted by Crippen LogP contribution is -2.55. The van der Waals surface area contributed by atoms with Crippen LogP contribution in [0, 0.1) is 5.92 Å². The van der Waals surface area contributed by atoms with Crippen molar-refractivity contribution in [3.05, 3.63) is 40.0 Å². The molecule has 2 heterocycles. The second kappa shape index (κ2) is 8.94. The molecule has 1 aromatic heterocycles. The van der Waals surface area contributed by atoms with E-state index in [-0.39, 0.29) is 23.8 Å². The number of esters is 1. The van der Waals surface area contributed by atoms with E-state index >= 15 is 0 Å². The number of hydrogen-bond donors (Lipinski definition) is 1. The number of amides is 2. The Morgan fingerprint density at radius 1 is 1.28 bits per heavy atom. The van der Waals surface area contributed by atoms with Crippen LogP contribution in [-0.2, 0) is 22.4 Å². The van der Waals surface area contributed by atoms with E-state index in [4.69, 9.17) is 21.3 Å². The SMILES string of the molecule is COC(=O)CC1CCc2nc3cc(C(=O)N4CCN(C(=O)O)C[C@@H]4C)ccc3c(Cl)c2C1. The zero-order valence-corrected chi connectivity index (χ0v) is 18.9. The van der Waals surface area contributed by atoms with Crippen LogP contribution in [0.1, 0.15) is 41.4 Å². The highest BCUT2D eigenvalue weighted by molar-refractivity contribution is 6.36. The number of halogens is 1. The summed E-state index contributed by atoms with van der Waals surface area (Å²) in [6.07, 6.45) is 1.63. The second-order valence-electron chi connectivity index (χ2n) is 8.55. The molecule has 0 saturated carbocycles. The summed E-state index contributed by atoms with van der Waals surface area (Å²) in [5.74, 6) is -0.179. The van der Waals surface area contributed by atoms with Gasteiger partial charge in [0.15, 0.2) is 0 Å². The number of hydrogen-bond acceptors (Lipinski definition) is 5. The molecule has 1 N–H and O–H groups in total. The van der Waals surface area contributed by atoms with Gasteiger partial charge in [-0.3, -0.25) is 14.6 Å². The molecule has 4 rings (SSSR count). The lowest BCUT2D eigenvalue weighted by molar-refractivity contribution is -0.141. The molecule has 1 aliphatic carbocycles. The fourth-order valence-corrected chi connectivity index (χ4v) is 5.03. The Kier molecular flexibility index (Phi) is 6.24. The van der Waals surface area contributed by atoms with Crippen molar-refractivity contribution in [2.24, 2.45) is 5.92 Å². The first-order chi connectivity index (χ1) is 15.3. The van der Waals surface area contributed by atoms with E-state index in [1.807, 2.05) is 13.0 Å². The lowest BCUT2D eigenvalue weighted by Gasteiger charge is -2.38. The van der Waals surface area contributed by atoms with Crippen molar-refractivity contribution in [2.75, 3.05) is 26.7 Å². The summed E-state index contributed by atoms with van der Waals surface area (Å²) in [5, 5.41) is 10.6. The van der Waals surface area contributed by atoms with Gasteiger partial charge in [-0.25, -0.2) is 4.79 Å². The quantitative estimate of drug-likeness (QED) is 0.706. The first kappa shape index (κ1) is 22.3. The van der Waals surface area contributed by atoms with Crippen LogP contribution in [-0.4, -0.2) is 70.6 Å². The van der Waals surface area contributed by atoms with Crippen LogP contribution in [0.4, 0.5) is 4.79 Å². The number of rotatable bonds is 3. The van der Waals surface area contributed by atoms with Gasteiger partial charge < -0.3 is 19.6 Å². The van der Waals surface area contributed by atoms with Gasteiger partial charge in [0.25, 0.3) is 5.91 Å². The highest BCUT2D eigenvalue weighted by Crippen LogP contribution is 2.36. The minimum atomic E-state index is -0.966. The molecular formula is C23H26ClN3O5. The lowest BCUT2D eigenvalue weighted by atomic mass is 9.84. The number of carbonyl (C=O) groups is 3. The van der Waals surface area contributed by atoms with E-state index in [9.17, 15) is 19.5 Å². The van der Waals surface area contributed by atoms with Gasteiger partial charge in [-0.2, -0.15) is 0 Å². The summed E-state index contributed by atoms with van der Waals surface area (Å²) >= 11 is 6.73. The summed E-state index contributed by atoms with van der Waals surface area (Å²) in [7, 11) is 1.40. The van der Waals surface area contributed by atoms with Crippen molar-refractivity contribution in [1.29, 1.82) is 0 Å². The topological polar surface area (TPSA) is 100 Å². The first-order valence-electron chi connectivity index (χ1n) is 10.7. The van der Waals surface area contributed by atoms with Crippen LogP contribution < -0.4 is 0 Å². The molecule has 1 aliphatic heterocycles. The average molecular weight is 460 g/mol. The summed E-state index contributed by atoms with van der Waals surface area (Å²) in [6, 6.07) is 5.12. The Morgan fingerprint density at radius 3 is 2.75 bits per heavy atom. The number of pyridine rings is 1. The number of aromatic nitrogens is 1. The van der Waals surface area contributed by atoms with Gasteiger partial charge in [-0.05, 0) is 49.8 Å². The third-order valence-electron chi connectivity index (χ3n) is 6.47. The maximum absolute atomic E-state index is 13.1. The van der Waals surface area contributed by atoms with Crippen LogP contribution >= 0.6 is 11.6 Å². The summed E-state index contributed by atoms with van der Waals surface area (Å²) in [4.78, 5) is 43.8. The predicted molar refractivity (Wildman–Crippen MR) is 119 cm³/mol. The molecule has 1 aromatic carbocycles. The molecule has 2 aliphatic rings. The Bertz CT molecular complexity index is 1090. The largest absolute Gasteiger partial charge is 0.469 e. The van der Waals surface area contributed by atoms with Crippen LogP contribution in [0.3, 0.4) is 0 Å². The Morgan fingerprint density at radius 2 is 2.06 bits per heavy atom. The third-order valence-corrected chi connectivity index (χ3v) is 6.91. The number of benzene rings is 1. The van der Waals surface area contributed by atoms with Crippen molar-refractivity contribution in [3.63, 3.8) is 0 Å². The molecule has 32 heavy (non-hydrogen) atoms. The molecule has 9 heteroatoms. The van der Waals surface area contributed by atoms with Crippen molar-refractivity contribution >= 4 is 40.5 Å². The van der Waals surface area contributed by atoms with Crippen molar-refractivity contribution < 1.29 is 24.2 Å². The first-order valence-corrected chi connectivity index (χ1v) is 11.1. The van der Waals surface area contributed by atoms with E-state index in [2.05, 4.69) is 0 Å². The van der Waals surface area contributed by atoms with E-state index < -0.39 is 6.09 Å². The van der Waals surface area contributed by atoms with Gasteiger partial charge in [0, 0.05) is 48.7 Å². The van der Waals surface area contributed by atoms with Gasteiger partial charge >= 0.3 is 12.1 Å². The number of carboxylic acid groups (broad SMARTS) is 1. The van der Waals surface area contributed by atoms with Crippen molar-refractivity contribution in [2.45, 2.75) is 38.6 Å². The molecular weight excluding hydrogens is 434 g/mol. The highest BCUT2D eigenvalue weighted by Gasteiger charge is 2.31. The number of methoxy groups -OCH3 is 1. The van der Waals surface area contributed by atoms with E-state index in [1.54, 1.807) is 17.0 Å². The molecule has 0 radical (unpaired) electrons. The monoisotopic (exact) mass is 459 g/mol. The Balaban J connectivity index is 1.58. The Hall–Kier alpha value is -2.87. The average Bonchev–Trinajstić information content (AvgIpc) is 2.78. The van der Waals surface area contributed by atoms with Gasteiger partial charge in [0.1, 0.15) is 0 Å². The fraction of sp³-hybridized carbons (Fsp3) is 0.478. The van der Waals surface area contributed by atoms with Crippen molar-refractivity contribution in [1.82, 2.24) is 14.8 Å². The van der Waals surface area contributed by atoms with Crippen molar-refractivity contribution in [3.8, 4) is 0 Å². The number of piperazine rings is 1. The highest BCUT2D eigenvalue weighted by atomic mass is 35.5. The van der Waals surface area contributed by atoms with E-state index in [0.29, 0.717) is 48.6 Å². The van der Waals surface area contributed by atoms with Crippen LogP contribution in [0.15, 0.2) is 18.2 Å². The fourth-order valence-electron chi connectivity index (χ4n) is 4.68. The minimum absolute atomic E-state index is 0.141. The zero-order valence-electron chi connectivity index (χ0n) is 18.1. The van der Waals surface area contributed by atoms with E-state index in [0.717, 1.165) is 29.5 Å². The maximum Gasteiger partial charge on any atom is 0.407 e. The number of aryl methyl sites for hydroxylation is 1. The number of nitrogens with zero attached hydrogens (tertiary/aromatic N) is 3. The van der Waals surface area contributed by atoms with Gasteiger partial charge in [-0.15, -0.1) is 0 Å².